The van der Waals surface area contributed by atoms with E-state index in [1.807, 2.05) is 53.4 Å². The molecule has 1 saturated carbocycles. The van der Waals surface area contributed by atoms with Gasteiger partial charge in [-0.05, 0) is 48.2 Å². The number of benzene rings is 2. The molecule has 0 unspecified atom stereocenters. The summed E-state index contributed by atoms with van der Waals surface area (Å²) in [4.78, 5) is 14.7. The second-order valence-corrected chi connectivity index (χ2v) is 6.13. The number of carbonyl (C=O) groups is 1. The molecule has 2 aromatic rings. The molecule has 3 nitrogen and oxygen atoms in total. The quantitative estimate of drug-likeness (QED) is 0.884. The number of carbonyl (C=O) groups excluding carboxylic acids is 1. The normalized spacial score (nSPS) is 13.3. The third-order valence-corrected chi connectivity index (χ3v) is 4.20. The Balaban J connectivity index is 0.00000192. The lowest BCUT2D eigenvalue weighted by molar-refractivity contribution is 0.0730. The highest BCUT2D eigenvalue weighted by Gasteiger charge is 2.33. The van der Waals surface area contributed by atoms with Crippen LogP contribution in [0.25, 0.3) is 0 Å². The molecule has 0 aliphatic heterocycles. The average Bonchev–Trinajstić information content (AvgIpc) is 3.38. The third kappa shape index (κ3) is 4.47. The highest BCUT2D eigenvalue weighted by molar-refractivity contribution is 6.30. The summed E-state index contributed by atoms with van der Waals surface area (Å²) >= 11 is 5.92. The van der Waals surface area contributed by atoms with Crippen LogP contribution < -0.4 is 5.73 Å². The predicted octanol–water partition coefficient (Wildman–Crippen LogP) is 4.03. The highest BCUT2D eigenvalue weighted by atomic mass is 35.5. The predicted molar refractivity (Wildman–Crippen MR) is 95.9 cm³/mol. The molecule has 0 bridgehead atoms. The van der Waals surface area contributed by atoms with E-state index >= 15 is 0 Å². The maximum absolute atomic E-state index is 12.8. The van der Waals surface area contributed by atoms with Crippen molar-refractivity contribution >= 4 is 29.9 Å². The molecule has 5 heteroatoms. The molecule has 2 N–H and O–H groups in total. The minimum Gasteiger partial charge on any atom is -0.331 e. The van der Waals surface area contributed by atoms with E-state index < -0.39 is 0 Å². The topological polar surface area (TPSA) is 46.3 Å². The summed E-state index contributed by atoms with van der Waals surface area (Å²) in [5.41, 5.74) is 8.46. The minimum atomic E-state index is 0. The summed E-state index contributed by atoms with van der Waals surface area (Å²) < 4.78 is 0. The summed E-state index contributed by atoms with van der Waals surface area (Å²) in [5, 5.41) is 0.713. The van der Waals surface area contributed by atoms with Gasteiger partial charge in [-0.2, -0.15) is 0 Å². The van der Waals surface area contributed by atoms with E-state index in [-0.39, 0.29) is 18.3 Å². The van der Waals surface area contributed by atoms with Crippen molar-refractivity contribution in [1.82, 2.24) is 4.90 Å². The number of nitrogens with zero attached hydrogens (tertiary/aromatic N) is 1. The summed E-state index contributed by atoms with van der Waals surface area (Å²) in [6.45, 7) is 1.12. The van der Waals surface area contributed by atoms with E-state index in [0.29, 0.717) is 24.2 Å². The van der Waals surface area contributed by atoms with Crippen molar-refractivity contribution in [3.8, 4) is 0 Å². The van der Waals surface area contributed by atoms with Crippen molar-refractivity contribution < 1.29 is 4.79 Å². The van der Waals surface area contributed by atoms with Gasteiger partial charge in [0.15, 0.2) is 0 Å². The highest BCUT2D eigenvalue weighted by Crippen LogP contribution is 2.30. The molecule has 0 saturated heterocycles. The molecule has 1 fully saturated rings. The first-order chi connectivity index (χ1) is 10.7. The van der Waals surface area contributed by atoms with Crippen molar-refractivity contribution in [2.24, 2.45) is 5.73 Å². The van der Waals surface area contributed by atoms with Gasteiger partial charge in [-0.3, -0.25) is 4.79 Å². The summed E-state index contributed by atoms with van der Waals surface area (Å²) in [6, 6.07) is 15.6. The molecule has 1 amide bonds. The zero-order valence-corrected chi connectivity index (χ0v) is 14.3. The van der Waals surface area contributed by atoms with Crippen LogP contribution in [-0.2, 0) is 13.1 Å². The zero-order chi connectivity index (χ0) is 15.5. The van der Waals surface area contributed by atoms with Crippen LogP contribution in [0.2, 0.25) is 5.02 Å². The van der Waals surface area contributed by atoms with Crippen molar-refractivity contribution in [2.45, 2.75) is 32.0 Å². The number of amides is 1. The Kier molecular flexibility index (Phi) is 6.05. The van der Waals surface area contributed by atoms with E-state index in [1.165, 1.54) is 0 Å². The van der Waals surface area contributed by atoms with E-state index in [4.69, 9.17) is 17.3 Å². The van der Waals surface area contributed by atoms with Crippen LogP contribution in [0.1, 0.15) is 34.3 Å². The van der Waals surface area contributed by atoms with E-state index in [1.54, 1.807) is 0 Å². The van der Waals surface area contributed by atoms with Crippen LogP contribution in [-0.4, -0.2) is 16.8 Å². The lowest BCUT2D eigenvalue weighted by Gasteiger charge is -2.23. The molecule has 0 aromatic heterocycles. The Morgan fingerprint density at radius 1 is 1.04 bits per heavy atom. The fraction of sp³-hybridized carbons (Fsp3) is 0.278. The fourth-order valence-electron chi connectivity index (χ4n) is 2.49. The largest absolute Gasteiger partial charge is 0.331 e. The molecular weight excluding hydrogens is 331 g/mol. The maximum Gasteiger partial charge on any atom is 0.254 e. The Morgan fingerprint density at radius 3 is 2.13 bits per heavy atom. The Labute approximate surface area is 147 Å². The van der Waals surface area contributed by atoms with Gasteiger partial charge in [0.1, 0.15) is 0 Å². The van der Waals surface area contributed by atoms with Gasteiger partial charge in [-0.25, -0.2) is 0 Å². The Bertz CT molecular complexity index is 652. The van der Waals surface area contributed by atoms with Crippen LogP contribution in [0.5, 0.6) is 0 Å². The number of rotatable bonds is 5. The first-order valence-corrected chi connectivity index (χ1v) is 7.89. The van der Waals surface area contributed by atoms with Gasteiger partial charge in [-0.1, -0.05) is 35.9 Å². The van der Waals surface area contributed by atoms with Gasteiger partial charge in [0.25, 0.3) is 5.91 Å². The van der Waals surface area contributed by atoms with Gasteiger partial charge in [0.05, 0.1) is 0 Å². The molecule has 0 spiro atoms. The molecule has 1 aliphatic rings. The number of halogens is 2. The smallest absolute Gasteiger partial charge is 0.254 e. The van der Waals surface area contributed by atoms with Crippen molar-refractivity contribution in [3.05, 3.63) is 70.2 Å². The molecular formula is C18H20Cl2N2O. The van der Waals surface area contributed by atoms with E-state index in [0.717, 1.165) is 29.5 Å². The molecule has 0 radical (unpaired) electrons. The summed E-state index contributed by atoms with van der Waals surface area (Å²) in [6.07, 6.45) is 2.17. The first kappa shape index (κ1) is 17.8. The van der Waals surface area contributed by atoms with Crippen LogP contribution in [0.3, 0.4) is 0 Å². The molecule has 23 heavy (non-hydrogen) atoms. The van der Waals surface area contributed by atoms with Gasteiger partial charge in [0, 0.05) is 29.7 Å². The second-order valence-electron chi connectivity index (χ2n) is 5.69. The molecule has 122 valence electrons. The minimum absolute atomic E-state index is 0. The van der Waals surface area contributed by atoms with Crippen LogP contribution in [0.4, 0.5) is 0 Å². The molecule has 1 aliphatic carbocycles. The van der Waals surface area contributed by atoms with Gasteiger partial charge in [-0.15, -0.1) is 12.4 Å². The average molecular weight is 351 g/mol. The number of hydrogen-bond acceptors (Lipinski definition) is 2. The molecule has 2 aromatic carbocycles. The number of nitrogens with two attached hydrogens (primary N) is 1. The monoisotopic (exact) mass is 350 g/mol. The van der Waals surface area contributed by atoms with E-state index in [9.17, 15) is 4.79 Å². The van der Waals surface area contributed by atoms with E-state index in [2.05, 4.69) is 0 Å². The summed E-state index contributed by atoms with van der Waals surface area (Å²) in [5.74, 6) is 0.0843. The van der Waals surface area contributed by atoms with Gasteiger partial charge in [0.2, 0.25) is 0 Å². The Hall–Kier alpha value is -1.55. The molecule has 3 rings (SSSR count). The lowest BCUT2D eigenvalue weighted by Crippen LogP contribution is -2.32. The zero-order valence-electron chi connectivity index (χ0n) is 12.7. The SMILES string of the molecule is Cl.NCc1ccc(C(=O)N(Cc2ccc(Cl)cc2)C2CC2)cc1. The van der Waals surface area contributed by atoms with Crippen molar-refractivity contribution in [1.29, 1.82) is 0 Å². The fourth-order valence-corrected chi connectivity index (χ4v) is 2.61. The maximum atomic E-state index is 12.8. The van der Waals surface area contributed by atoms with Crippen molar-refractivity contribution in [3.63, 3.8) is 0 Å². The van der Waals surface area contributed by atoms with Crippen LogP contribution in [0, 0.1) is 0 Å². The third-order valence-electron chi connectivity index (χ3n) is 3.95. The van der Waals surface area contributed by atoms with Crippen molar-refractivity contribution in [2.75, 3.05) is 0 Å². The number of hydrogen-bond donors (Lipinski definition) is 1. The van der Waals surface area contributed by atoms with Gasteiger partial charge >= 0.3 is 0 Å². The second kappa shape index (κ2) is 7.82. The molecule has 0 atom stereocenters. The van der Waals surface area contributed by atoms with Crippen LogP contribution in [0.15, 0.2) is 48.5 Å². The summed E-state index contributed by atoms with van der Waals surface area (Å²) in [7, 11) is 0. The lowest BCUT2D eigenvalue weighted by atomic mass is 10.1. The molecule has 0 heterocycles. The Morgan fingerprint density at radius 2 is 1.61 bits per heavy atom. The first-order valence-electron chi connectivity index (χ1n) is 7.52. The van der Waals surface area contributed by atoms with Gasteiger partial charge < -0.3 is 10.6 Å². The standard InChI is InChI=1S/C18H19ClN2O.ClH/c19-16-7-3-14(4-8-16)12-21(17-9-10-17)18(22)15-5-1-13(11-20)2-6-15;/h1-8,17H,9-12,20H2;1H. The van der Waals surface area contributed by atoms with Crippen LogP contribution >= 0.6 is 24.0 Å².